The predicted molar refractivity (Wildman–Crippen MR) is 130 cm³/mol. The molecule has 178 valence electrons. The number of nitrogens with two attached hydrogens (primary N) is 1. The van der Waals surface area contributed by atoms with Crippen molar-refractivity contribution in [1.82, 2.24) is 10.2 Å². The lowest BCUT2D eigenvalue weighted by Crippen LogP contribution is -2.59. The third kappa shape index (κ3) is 4.10. The molecular formula is C27H26N4O4. The van der Waals surface area contributed by atoms with Crippen LogP contribution in [0.2, 0.25) is 0 Å². The number of nitrogens with zero attached hydrogens (tertiary/aromatic N) is 2. The minimum atomic E-state index is -1.91. The van der Waals surface area contributed by atoms with Crippen LogP contribution in [0.5, 0.6) is 0 Å². The Morgan fingerprint density at radius 3 is 2.63 bits per heavy atom. The first-order chi connectivity index (χ1) is 16.9. The van der Waals surface area contributed by atoms with Crippen molar-refractivity contribution in [2.75, 3.05) is 5.32 Å². The van der Waals surface area contributed by atoms with E-state index in [9.17, 15) is 19.5 Å². The van der Waals surface area contributed by atoms with E-state index in [2.05, 4.69) is 15.5 Å². The van der Waals surface area contributed by atoms with Crippen LogP contribution in [0.15, 0.2) is 67.0 Å². The highest BCUT2D eigenvalue weighted by molar-refractivity contribution is 6.44. The van der Waals surface area contributed by atoms with Gasteiger partial charge in [0.15, 0.2) is 0 Å². The first kappa shape index (κ1) is 22.9. The molecule has 0 bridgehead atoms. The summed E-state index contributed by atoms with van der Waals surface area (Å²) < 4.78 is 0. The molecule has 0 saturated heterocycles. The van der Waals surface area contributed by atoms with Crippen LogP contribution >= 0.6 is 0 Å². The number of carbonyl (C=O) groups excluding carboxylic acids is 2. The van der Waals surface area contributed by atoms with Gasteiger partial charge in [0.25, 0.3) is 0 Å². The van der Waals surface area contributed by atoms with E-state index in [-0.39, 0.29) is 17.5 Å². The molecule has 2 aliphatic rings. The van der Waals surface area contributed by atoms with Crippen molar-refractivity contribution >= 4 is 23.2 Å². The zero-order valence-corrected chi connectivity index (χ0v) is 19.1. The second-order valence-electron chi connectivity index (χ2n) is 9.40. The minimum absolute atomic E-state index is 0.0311. The molecule has 1 aromatic heterocycles. The number of hydrogen-bond donors (Lipinski definition) is 3. The maximum atomic E-state index is 13.2. The number of Topliss-reactive ketones (excluding diaryl/α,β-unsaturated/α-hetero) is 2. The SMILES string of the molecule is NC(CC(=O)C(=O)c1cccc(-c2ccnnc2)c1)(C(=O)O)C1c2ccccc2NC2CCCC21. The van der Waals surface area contributed by atoms with E-state index in [1.165, 1.54) is 6.20 Å². The van der Waals surface area contributed by atoms with Crippen molar-refractivity contribution in [2.24, 2.45) is 11.7 Å². The molecule has 1 aliphatic carbocycles. The lowest BCUT2D eigenvalue weighted by atomic mass is 9.66. The normalized spacial score (nSPS) is 22.3. The van der Waals surface area contributed by atoms with Crippen LogP contribution in [0.25, 0.3) is 11.1 Å². The molecular weight excluding hydrogens is 444 g/mol. The second kappa shape index (κ2) is 9.03. The quantitative estimate of drug-likeness (QED) is 0.353. The van der Waals surface area contributed by atoms with Gasteiger partial charge in [-0.25, -0.2) is 0 Å². The molecule has 1 saturated carbocycles. The van der Waals surface area contributed by atoms with Crippen LogP contribution in [-0.2, 0) is 9.59 Å². The van der Waals surface area contributed by atoms with E-state index in [4.69, 9.17) is 5.73 Å². The van der Waals surface area contributed by atoms with Crippen molar-refractivity contribution in [2.45, 2.75) is 43.2 Å². The molecule has 0 radical (unpaired) electrons. The molecule has 35 heavy (non-hydrogen) atoms. The summed E-state index contributed by atoms with van der Waals surface area (Å²) in [4.78, 5) is 39.0. The van der Waals surface area contributed by atoms with Crippen LogP contribution in [0.1, 0.15) is 47.5 Å². The van der Waals surface area contributed by atoms with Crippen molar-refractivity contribution in [3.8, 4) is 11.1 Å². The first-order valence-electron chi connectivity index (χ1n) is 11.7. The molecule has 4 N–H and O–H groups in total. The monoisotopic (exact) mass is 470 g/mol. The number of benzene rings is 2. The summed E-state index contributed by atoms with van der Waals surface area (Å²) in [5.41, 5.74) is 7.96. The van der Waals surface area contributed by atoms with Gasteiger partial charge in [-0.2, -0.15) is 10.2 Å². The molecule has 4 atom stereocenters. The van der Waals surface area contributed by atoms with Gasteiger partial charge in [-0.05, 0) is 48.1 Å². The second-order valence-corrected chi connectivity index (χ2v) is 9.40. The van der Waals surface area contributed by atoms with Gasteiger partial charge < -0.3 is 16.2 Å². The third-order valence-corrected chi connectivity index (χ3v) is 7.34. The van der Waals surface area contributed by atoms with Crippen molar-refractivity contribution in [3.05, 3.63) is 78.1 Å². The van der Waals surface area contributed by atoms with E-state index in [0.717, 1.165) is 36.1 Å². The van der Waals surface area contributed by atoms with Gasteiger partial charge in [0.2, 0.25) is 11.6 Å². The number of carboxylic acids is 1. The Balaban J connectivity index is 1.46. The Bertz CT molecular complexity index is 1300. The van der Waals surface area contributed by atoms with Gasteiger partial charge in [-0.15, -0.1) is 0 Å². The number of carboxylic acid groups (broad SMARTS) is 1. The molecule has 4 unspecified atom stereocenters. The molecule has 1 fully saturated rings. The smallest absolute Gasteiger partial charge is 0.324 e. The maximum absolute atomic E-state index is 13.2. The number of ketones is 2. The number of anilines is 1. The average Bonchev–Trinajstić information content (AvgIpc) is 3.35. The van der Waals surface area contributed by atoms with E-state index in [1.54, 1.807) is 36.5 Å². The molecule has 0 amide bonds. The van der Waals surface area contributed by atoms with E-state index in [0.29, 0.717) is 5.56 Å². The summed E-state index contributed by atoms with van der Waals surface area (Å²) in [5, 5.41) is 21.4. The standard InChI is InChI=1S/C27H26N4O4/c28-27(26(34)35,24-19-7-1-2-9-21(19)31-22-10-4-8-20(22)24)14-23(32)25(33)17-6-3-5-16(13-17)18-11-12-29-30-15-18/h1-3,5-7,9,11-13,15,20,22,24,31H,4,8,10,14,28H2,(H,34,35). The highest BCUT2D eigenvalue weighted by Crippen LogP contribution is 2.50. The van der Waals surface area contributed by atoms with Crippen molar-refractivity contribution in [3.63, 3.8) is 0 Å². The van der Waals surface area contributed by atoms with Crippen LogP contribution < -0.4 is 11.1 Å². The van der Waals surface area contributed by atoms with E-state index < -0.39 is 35.4 Å². The van der Waals surface area contributed by atoms with Crippen LogP contribution in [0.3, 0.4) is 0 Å². The number of hydrogen-bond acceptors (Lipinski definition) is 7. The molecule has 1 aliphatic heterocycles. The fourth-order valence-electron chi connectivity index (χ4n) is 5.68. The number of aromatic nitrogens is 2. The first-order valence-corrected chi connectivity index (χ1v) is 11.7. The van der Waals surface area contributed by atoms with Gasteiger partial charge in [-0.1, -0.05) is 42.8 Å². The van der Waals surface area contributed by atoms with Crippen molar-refractivity contribution in [1.29, 1.82) is 0 Å². The number of aliphatic carboxylic acids is 1. The number of rotatable bonds is 7. The summed E-state index contributed by atoms with van der Waals surface area (Å²) in [6, 6.07) is 16.0. The molecule has 8 nitrogen and oxygen atoms in total. The highest BCUT2D eigenvalue weighted by Gasteiger charge is 2.53. The number of nitrogens with one attached hydrogen (secondary N) is 1. The number of carbonyl (C=O) groups is 3. The molecule has 8 heteroatoms. The average molecular weight is 471 g/mol. The van der Waals surface area contributed by atoms with E-state index in [1.807, 2.05) is 24.3 Å². The van der Waals surface area contributed by atoms with Crippen LogP contribution in [0.4, 0.5) is 5.69 Å². The van der Waals surface area contributed by atoms with Gasteiger partial charge in [0, 0.05) is 35.2 Å². The van der Waals surface area contributed by atoms with Crippen molar-refractivity contribution < 1.29 is 19.5 Å². The zero-order valence-electron chi connectivity index (χ0n) is 19.1. The summed E-state index contributed by atoms with van der Waals surface area (Å²) in [7, 11) is 0. The number of fused-ring (bicyclic) bond motifs is 2. The summed E-state index contributed by atoms with van der Waals surface area (Å²) in [5.74, 6) is -3.46. The lowest BCUT2D eigenvalue weighted by molar-refractivity contribution is -0.146. The van der Waals surface area contributed by atoms with Crippen LogP contribution in [-0.4, -0.2) is 44.4 Å². The summed E-state index contributed by atoms with van der Waals surface area (Å²) >= 11 is 0. The minimum Gasteiger partial charge on any atom is -0.480 e. The Hall–Kier alpha value is -3.91. The van der Waals surface area contributed by atoms with Gasteiger partial charge >= 0.3 is 5.97 Å². The predicted octanol–water partition coefficient (Wildman–Crippen LogP) is 3.45. The number of para-hydroxylation sites is 1. The Morgan fingerprint density at radius 1 is 1.03 bits per heavy atom. The Kier molecular flexibility index (Phi) is 5.90. The molecule has 0 spiro atoms. The summed E-state index contributed by atoms with van der Waals surface area (Å²) in [6.45, 7) is 0. The Morgan fingerprint density at radius 2 is 1.86 bits per heavy atom. The fraction of sp³-hybridized carbons (Fsp3) is 0.296. The maximum Gasteiger partial charge on any atom is 0.324 e. The lowest BCUT2D eigenvalue weighted by Gasteiger charge is -2.44. The van der Waals surface area contributed by atoms with Gasteiger partial charge in [0.1, 0.15) is 5.54 Å². The molecule has 5 rings (SSSR count). The fourth-order valence-corrected chi connectivity index (χ4v) is 5.68. The van der Waals surface area contributed by atoms with Gasteiger partial charge in [0.05, 0.1) is 12.4 Å². The van der Waals surface area contributed by atoms with Crippen LogP contribution in [0, 0.1) is 5.92 Å². The highest BCUT2D eigenvalue weighted by atomic mass is 16.4. The topological polar surface area (TPSA) is 135 Å². The van der Waals surface area contributed by atoms with Gasteiger partial charge in [-0.3, -0.25) is 14.4 Å². The zero-order chi connectivity index (χ0) is 24.6. The molecule has 2 aromatic carbocycles. The summed E-state index contributed by atoms with van der Waals surface area (Å²) in [6.07, 6.45) is 5.20. The van der Waals surface area contributed by atoms with E-state index >= 15 is 0 Å². The third-order valence-electron chi connectivity index (χ3n) is 7.34. The Labute approximate surface area is 202 Å². The largest absolute Gasteiger partial charge is 0.480 e. The molecule has 2 heterocycles. The molecule has 3 aromatic rings.